The Balaban J connectivity index is 1.91. The quantitative estimate of drug-likeness (QED) is 0.460. The van der Waals surface area contributed by atoms with Gasteiger partial charge in [-0.25, -0.2) is 4.79 Å². The molecule has 1 aliphatic heterocycles. The molecule has 1 aliphatic rings. The molecule has 0 spiro atoms. The van der Waals surface area contributed by atoms with Crippen LogP contribution in [-0.2, 0) is 9.53 Å². The maximum atomic E-state index is 12.4. The molecule has 8 nitrogen and oxygen atoms in total. The van der Waals surface area contributed by atoms with E-state index in [1.54, 1.807) is 28.0 Å². The van der Waals surface area contributed by atoms with Gasteiger partial charge in [-0.2, -0.15) is 0 Å². The van der Waals surface area contributed by atoms with Crippen molar-refractivity contribution in [2.75, 3.05) is 26.2 Å². The number of hydrogen-bond acceptors (Lipinski definition) is 5. The standard InChI is InChI=1S/C19H25N3O5/c1-19(2,3)27-18(24)21-12-4-11-20(13-14-21)17(23)10-7-15-5-8-16(9-6-15)22(25)26/h5-10H,4,11-14H2,1-3H3/b10-7+. The van der Waals surface area contributed by atoms with E-state index < -0.39 is 10.5 Å². The zero-order valence-corrected chi connectivity index (χ0v) is 15.9. The number of carbonyl (C=O) groups excluding carboxylic acids is 2. The van der Waals surface area contributed by atoms with E-state index in [9.17, 15) is 19.7 Å². The van der Waals surface area contributed by atoms with E-state index in [-0.39, 0.29) is 17.7 Å². The number of amides is 2. The maximum absolute atomic E-state index is 12.4. The fraction of sp³-hybridized carbons (Fsp3) is 0.474. The molecule has 27 heavy (non-hydrogen) atoms. The van der Waals surface area contributed by atoms with Crippen LogP contribution in [0.25, 0.3) is 6.08 Å². The molecule has 1 fully saturated rings. The molecule has 0 aliphatic carbocycles. The smallest absolute Gasteiger partial charge is 0.410 e. The van der Waals surface area contributed by atoms with Gasteiger partial charge in [-0.15, -0.1) is 0 Å². The van der Waals surface area contributed by atoms with Crippen LogP contribution in [0.1, 0.15) is 32.8 Å². The first-order chi connectivity index (χ1) is 12.7. The van der Waals surface area contributed by atoms with Crippen LogP contribution in [-0.4, -0.2) is 58.5 Å². The third kappa shape index (κ3) is 6.40. The minimum atomic E-state index is -0.549. The Kier molecular flexibility index (Phi) is 6.55. The summed E-state index contributed by atoms with van der Waals surface area (Å²) >= 11 is 0. The predicted octanol–water partition coefficient (Wildman–Crippen LogP) is 3.08. The van der Waals surface area contributed by atoms with Crippen molar-refractivity contribution in [3.8, 4) is 0 Å². The van der Waals surface area contributed by atoms with Gasteiger partial charge in [0.15, 0.2) is 0 Å². The minimum Gasteiger partial charge on any atom is -0.444 e. The van der Waals surface area contributed by atoms with E-state index >= 15 is 0 Å². The first kappa shape index (κ1) is 20.4. The molecule has 0 unspecified atom stereocenters. The lowest BCUT2D eigenvalue weighted by molar-refractivity contribution is -0.384. The lowest BCUT2D eigenvalue weighted by Gasteiger charge is -2.26. The molecular weight excluding hydrogens is 350 g/mol. The van der Waals surface area contributed by atoms with Gasteiger partial charge in [0.25, 0.3) is 5.69 Å². The Morgan fingerprint density at radius 2 is 1.67 bits per heavy atom. The SMILES string of the molecule is CC(C)(C)OC(=O)N1CCCN(C(=O)/C=C/c2ccc([N+](=O)[O-])cc2)CC1. The Labute approximate surface area is 158 Å². The zero-order chi connectivity index (χ0) is 20.0. The fourth-order valence-corrected chi connectivity index (χ4v) is 2.63. The Morgan fingerprint density at radius 3 is 2.26 bits per heavy atom. The van der Waals surface area contributed by atoms with Gasteiger partial charge in [0.2, 0.25) is 5.91 Å². The molecule has 0 atom stereocenters. The monoisotopic (exact) mass is 375 g/mol. The second-order valence-corrected chi connectivity index (χ2v) is 7.33. The van der Waals surface area contributed by atoms with Gasteiger partial charge in [0.05, 0.1) is 4.92 Å². The number of benzene rings is 1. The van der Waals surface area contributed by atoms with Gasteiger partial charge in [-0.3, -0.25) is 14.9 Å². The van der Waals surface area contributed by atoms with Crippen LogP contribution < -0.4 is 0 Å². The predicted molar refractivity (Wildman–Crippen MR) is 101 cm³/mol. The summed E-state index contributed by atoms with van der Waals surface area (Å²) in [5, 5.41) is 10.7. The second-order valence-electron chi connectivity index (χ2n) is 7.33. The van der Waals surface area contributed by atoms with Crippen LogP contribution in [0.5, 0.6) is 0 Å². The third-order valence-corrected chi connectivity index (χ3v) is 3.98. The van der Waals surface area contributed by atoms with E-state index in [0.717, 1.165) is 0 Å². The van der Waals surface area contributed by atoms with E-state index in [0.29, 0.717) is 38.2 Å². The molecule has 8 heteroatoms. The minimum absolute atomic E-state index is 0.00762. The largest absolute Gasteiger partial charge is 0.444 e. The third-order valence-electron chi connectivity index (χ3n) is 3.98. The van der Waals surface area contributed by atoms with Crippen molar-refractivity contribution in [1.29, 1.82) is 0 Å². The normalized spacial score (nSPS) is 15.5. The number of nitro groups is 1. The van der Waals surface area contributed by atoms with Crippen molar-refractivity contribution in [2.45, 2.75) is 32.8 Å². The number of nitro benzene ring substituents is 1. The van der Waals surface area contributed by atoms with Crippen molar-refractivity contribution in [3.63, 3.8) is 0 Å². The molecule has 0 aromatic heterocycles. The van der Waals surface area contributed by atoms with Crippen molar-refractivity contribution < 1.29 is 19.2 Å². The summed E-state index contributed by atoms with van der Waals surface area (Å²) < 4.78 is 5.38. The lowest BCUT2D eigenvalue weighted by atomic mass is 10.2. The zero-order valence-electron chi connectivity index (χ0n) is 15.9. The van der Waals surface area contributed by atoms with Gasteiger partial charge in [0, 0.05) is 44.4 Å². The average Bonchev–Trinajstić information content (AvgIpc) is 2.85. The lowest BCUT2D eigenvalue weighted by Crippen LogP contribution is -2.39. The highest BCUT2D eigenvalue weighted by Crippen LogP contribution is 2.14. The van der Waals surface area contributed by atoms with E-state index in [1.807, 2.05) is 20.8 Å². The van der Waals surface area contributed by atoms with Gasteiger partial charge < -0.3 is 14.5 Å². The molecule has 1 aromatic rings. The van der Waals surface area contributed by atoms with Crippen molar-refractivity contribution >= 4 is 23.8 Å². The summed E-state index contributed by atoms with van der Waals surface area (Å²) in [6.45, 7) is 7.42. The highest BCUT2D eigenvalue weighted by Gasteiger charge is 2.25. The van der Waals surface area contributed by atoms with E-state index in [4.69, 9.17) is 4.74 Å². The first-order valence-corrected chi connectivity index (χ1v) is 8.85. The fourth-order valence-electron chi connectivity index (χ4n) is 2.63. The van der Waals surface area contributed by atoms with Gasteiger partial charge in [0.1, 0.15) is 5.60 Å². The number of hydrogen-bond donors (Lipinski definition) is 0. The van der Waals surface area contributed by atoms with Crippen LogP contribution in [0, 0.1) is 10.1 Å². The number of non-ortho nitro benzene ring substituents is 1. The molecule has 1 aromatic carbocycles. The molecule has 1 saturated heterocycles. The summed E-state index contributed by atoms with van der Waals surface area (Å²) in [6.07, 6.45) is 3.39. The topological polar surface area (TPSA) is 93.0 Å². The molecule has 0 radical (unpaired) electrons. The molecule has 2 amide bonds. The number of rotatable bonds is 3. The average molecular weight is 375 g/mol. The summed E-state index contributed by atoms with van der Waals surface area (Å²) in [6, 6.07) is 5.98. The highest BCUT2D eigenvalue weighted by molar-refractivity contribution is 5.91. The first-order valence-electron chi connectivity index (χ1n) is 8.85. The van der Waals surface area contributed by atoms with Gasteiger partial charge in [-0.1, -0.05) is 0 Å². The Morgan fingerprint density at radius 1 is 1.07 bits per heavy atom. The van der Waals surface area contributed by atoms with Gasteiger partial charge >= 0.3 is 6.09 Å². The summed E-state index contributed by atoms with van der Waals surface area (Å²) in [5.74, 6) is -0.153. The van der Waals surface area contributed by atoms with Crippen LogP contribution in [0.4, 0.5) is 10.5 Å². The molecule has 146 valence electrons. The van der Waals surface area contributed by atoms with Crippen molar-refractivity contribution in [1.82, 2.24) is 9.80 Å². The molecule has 2 rings (SSSR count). The number of carbonyl (C=O) groups is 2. The molecular formula is C19H25N3O5. The molecule has 0 bridgehead atoms. The van der Waals surface area contributed by atoms with Crippen LogP contribution in [0.2, 0.25) is 0 Å². The molecule has 0 saturated carbocycles. The number of nitrogens with zero attached hydrogens (tertiary/aromatic N) is 3. The van der Waals surface area contributed by atoms with Crippen molar-refractivity contribution in [3.05, 3.63) is 46.0 Å². The van der Waals surface area contributed by atoms with Crippen LogP contribution in [0.3, 0.4) is 0 Å². The molecule has 1 heterocycles. The summed E-state index contributed by atoms with van der Waals surface area (Å²) in [5.41, 5.74) is 0.166. The van der Waals surface area contributed by atoms with E-state index in [1.165, 1.54) is 18.2 Å². The van der Waals surface area contributed by atoms with Crippen molar-refractivity contribution in [2.24, 2.45) is 0 Å². The second kappa shape index (κ2) is 8.66. The van der Waals surface area contributed by atoms with Crippen LogP contribution in [0.15, 0.2) is 30.3 Å². The summed E-state index contributed by atoms with van der Waals surface area (Å²) in [4.78, 5) is 38.1. The highest BCUT2D eigenvalue weighted by atomic mass is 16.6. The van der Waals surface area contributed by atoms with Crippen LogP contribution >= 0.6 is 0 Å². The Hall–Kier alpha value is -2.90. The number of ether oxygens (including phenoxy) is 1. The maximum Gasteiger partial charge on any atom is 0.410 e. The van der Waals surface area contributed by atoms with Gasteiger partial charge in [-0.05, 0) is 51.0 Å². The van der Waals surface area contributed by atoms with E-state index in [2.05, 4.69) is 0 Å². The Bertz CT molecular complexity index is 722. The molecule has 0 N–H and O–H groups in total. The summed E-state index contributed by atoms with van der Waals surface area (Å²) in [7, 11) is 0.